The molecule has 0 aliphatic carbocycles. The number of unbranched alkanes of at least 4 members (excludes halogenated alkanes) is 6. The van der Waals surface area contributed by atoms with Crippen molar-refractivity contribution in [1.82, 2.24) is 0 Å². The van der Waals surface area contributed by atoms with Crippen LogP contribution in [-0.4, -0.2) is 35.9 Å². The Morgan fingerprint density at radius 3 is 2.24 bits per heavy atom. The third-order valence-electron chi connectivity index (χ3n) is 5.79. The molecule has 29 heavy (non-hydrogen) atoms. The van der Waals surface area contributed by atoms with Gasteiger partial charge in [0.1, 0.15) is 6.61 Å². The topological polar surface area (TPSA) is 72.8 Å². The van der Waals surface area contributed by atoms with Crippen LogP contribution in [0.3, 0.4) is 0 Å². The number of esters is 2. The maximum atomic E-state index is 12.4. The van der Waals surface area contributed by atoms with Crippen molar-refractivity contribution in [2.75, 3.05) is 13.2 Å². The highest BCUT2D eigenvalue weighted by molar-refractivity contribution is 5.91. The predicted molar refractivity (Wildman–Crippen MR) is 115 cm³/mol. The molecule has 0 aromatic heterocycles. The van der Waals surface area contributed by atoms with E-state index in [9.17, 15) is 14.7 Å². The smallest absolute Gasteiger partial charge is 0.334 e. The van der Waals surface area contributed by atoms with Crippen molar-refractivity contribution in [3.8, 4) is 0 Å². The highest BCUT2D eigenvalue weighted by Crippen LogP contribution is 2.34. The minimum atomic E-state index is -1.14. The summed E-state index contributed by atoms with van der Waals surface area (Å²) in [5, 5.41) is 9.84. The summed E-state index contributed by atoms with van der Waals surface area (Å²) < 4.78 is 10.8. The number of ether oxygens (including phenoxy) is 2. The van der Waals surface area contributed by atoms with Crippen LogP contribution in [0.15, 0.2) is 11.6 Å². The van der Waals surface area contributed by atoms with Crippen molar-refractivity contribution >= 4 is 11.9 Å². The van der Waals surface area contributed by atoms with Crippen molar-refractivity contribution in [3.63, 3.8) is 0 Å². The molecule has 0 spiro atoms. The monoisotopic (exact) mass is 410 g/mol. The second-order valence-electron chi connectivity index (χ2n) is 9.20. The zero-order valence-electron chi connectivity index (χ0n) is 19.2. The Morgan fingerprint density at radius 2 is 1.69 bits per heavy atom. The predicted octanol–water partition coefficient (Wildman–Crippen LogP) is 5.20. The van der Waals surface area contributed by atoms with Crippen molar-refractivity contribution < 1.29 is 24.2 Å². The van der Waals surface area contributed by atoms with Crippen molar-refractivity contribution in [1.29, 1.82) is 0 Å². The molecule has 0 saturated carbocycles. The van der Waals surface area contributed by atoms with Crippen LogP contribution in [-0.2, 0) is 19.1 Å². The van der Waals surface area contributed by atoms with Gasteiger partial charge in [-0.15, -0.1) is 0 Å². The summed E-state index contributed by atoms with van der Waals surface area (Å²) >= 11 is 0. The molecule has 1 aliphatic rings. The molecule has 1 rings (SSSR count). The molecule has 0 amide bonds. The Hall–Kier alpha value is -1.36. The average molecular weight is 411 g/mol. The molecule has 1 unspecified atom stereocenters. The number of allylic oxidation sites excluding steroid dienone is 1. The van der Waals surface area contributed by atoms with Crippen LogP contribution < -0.4 is 0 Å². The average Bonchev–Trinajstić information content (AvgIpc) is 2.99. The van der Waals surface area contributed by atoms with Gasteiger partial charge in [-0.1, -0.05) is 79.2 Å². The first-order valence-corrected chi connectivity index (χ1v) is 11.4. The van der Waals surface area contributed by atoms with E-state index in [1.165, 1.54) is 25.7 Å². The van der Waals surface area contributed by atoms with E-state index in [1.54, 1.807) is 0 Å². The minimum Gasteiger partial charge on any atom is -0.461 e. The molecule has 0 aromatic rings. The Balaban J connectivity index is 2.49. The standard InChI is InChI=1S/C24H42O5/c1-6-7-8-9-10-11-12-13-22(26)28-17-24(16-25)15-20(23(27)29-24)14-21(18(2)3)19(4)5/h14,18-19,21,25H,6-13,15-17H2,1-5H3/b20-14-. The summed E-state index contributed by atoms with van der Waals surface area (Å²) in [5.41, 5.74) is -0.563. The fourth-order valence-electron chi connectivity index (χ4n) is 3.96. The number of rotatable bonds is 14. The number of hydrogen-bond donors (Lipinski definition) is 1. The molecule has 0 aromatic carbocycles. The summed E-state index contributed by atoms with van der Waals surface area (Å²) in [6, 6.07) is 0. The first kappa shape index (κ1) is 25.7. The van der Waals surface area contributed by atoms with Gasteiger partial charge in [0, 0.05) is 18.4 Å². The van der Waals surface area contributed by atoms with E-state index in [1.807, 2.05) is 6.08 Å². The maximum absolute atomic E-state index is 12.4. The fraction of sp³-hybridized carbons (Fsp3) is 0.833. The van der Waals surface area contributed by atoms with Gasteiger partial charge in [0.15, 0.2) is 5.60 Å². The van der Waals surface area contributed by atoms with E-state index in [-0.39, 0.29) is 31.5 Å². The van der Waals surface area contributed by atoms with Crippen molar-refractivity contribution in [2.24, 2.45) is 17.8 Å². The minimum absolute atomic E-state index is 0.0874. The van der Waals surface area contributed by atoms with Gasteiger partial charge in [-0.2, -0.15) is 0 Å². The molecule has 1 heterocycles. The molecule has 1 fully saturated rings. The van der Waals surface area contributed by atoms with Crippen LogP contribution in [0.5, 0.6) is 0 Å². The Bertz CT molecular complexity index is 529. The summed E-state index contributed by atoms with van der Waals surface area (Å²) in [6.45, 7) is 10.3. The molecule has 5 nitrogen and oxygen atoms in total. The molecular weight excluding hydrogens is 368 g/mol. The Labute approximate surface area is 177 Å². The van der Waals surface area contributed by atoms with Crippen LogP contribution in [0.1, 0.15) is 92.4 Å². The van der Waals surface area contributed by atoms with Gasteiger partial charge in [-0.05, 0) is 24.2 Å². The quantitative estimate of drug-likeness (QED) is 0.242. The lowest BCUT2D eigenvalue weighted by Gasteiger charge is -2.24. The number of hydrogen-bond acceptors (Lipinski definition) is 5. The van der Waals surface area contributed by atoms with Crippen LogP contribution in [0.2, 0.25) is 0 Å². The lowest BCUT2D eigenvalue weighted by Crippen LogP contribution is -2.39. The zero-order chi connectivity index (χ0) is 21.9. The van der Waals surface area contributed by atoms with Gasteiger partial charge < -0.3 is 14.6 Å². The normalized spacial score (nSPS) is 20.9. The van der Waals surface area contributed by atoms with E-state index in [4.69, 9.17) is 9.47 Å². The highest BCUT2D eigenvalue weighted by Gasteiger charge is 2.45. The Kier molecular flexibility index (Phi) is 11.6. The van der Waals surface area contributed by atoms with Gasteiger partial charge in [0.25, 0.3) is 0 Å². The van der Waals surface area contributed by atoms with E-state index >= 15 is 0 Å². The lowest BCUT2D eigenvalue weighted by atomic mass is 9.83. The molecule has 168 valence electrons. The molecule has 0 radical (unpaired) electrons. The summed E-state index contributed by atoms with van der Waals surface area (Å²) in [5.74, 6) is 0.362. The van der Waals surface area contributed by atoms with Gasteiger partial charge in [0.05, 0.1) is 6.61 Å². The largest absolute Gasteiger partial charge is 0.461 e. The molecule has 1 saturated heterocycles. The number of aliphatic hydroxyl groups excluding tert-OH is 1. The summed E-state index contributed by atoms with van der Waals surface area (Å²) in [7, 11) is 0. The molecule has 5 heteroatoms. The summed E-state index contributed by atoms with van der Waals surface area (Å²) in [6.07, 6.45) is 10.6. The van der Waals surface area contributed by atoms with E-state index in [0.717, 1.165) is 19.3 Å². The van der Waals surface area contributed by atoms with E-state index in [0.29, 0.717) is 23.8 Å². The van der Waals surface area contributed by atoms with Gasteiger partial charge in [0.2, 0.25) is 0 Å². The lowest BCUT2D eigenvalue weighted by molar-refractivity contribution is -0.166. The van der Waals surface area contributed by atoms with Gasteiger partial charge >= 0.3 is 11.9 Å². The highest BCUT2D eigenvalue weighted by atomic mass is 16.6. The van der Waals surface area contributed by atoms with Gasteiger partial charge in [-0.25, -0.2) is 4.79 Å². The third-order valence-corrected chi connectivity index (χ3v) is 5.79. The molecule has 1 atom stereocenters. The molecular formula is C24H42O5. The van der Waals surface area contributed by atoms with Gasteiger partial charge in [-0.3, -0.25) is 4.79 Å². The SMILES string of the molecule is CCCCCCCCCC(=O)OCC1(CO)C/C(=C/C(C(C)C)C(C)C)C(=O)O1. The van der Waals surface area contributed by atoms with Crippen LogP contribution >= 0.6 is 0 Å². The van der Waals surface area contributed by atoms with Crippen molar-refractivity contribution in [3.05, 3.63) is 11.6 Å². The Morgan fingerprint density at radius 1 is 1.10 bits per heavy atom. The maximum Gasteiger partial charge on any atom is 0.334 e. The van der Waals surface area contributed by atoms with Crippen LogP contribution in [0, 0.1) is 17.8 Å². The number of cyclic esters (lactones) is 1. The second kappa shape index (κ2) is 13.0. The first-order chi connectivity index (χ1) is 13.7. The first-order valence-electron chi connectivity index (χ1n) is 11.4. The molecule has 1 N–H and O–H groups in total. The van der Waals surface area contributed by atoms with Crippen molar-refractivity contribution in [2.45, 2.75) is 98.0 Å². The second-order valence-corrected chi connectivity index (χ2v) is 9.20. The molecule has 1 aliphatic heterocycles. The number of aliphatic hydroxyl groups is 1. The van der Waals surface area contributed by atoms with E-state index < -0.39 is 11.6 Å². The number of carbonyl (C=O) groups is 2. The zero-order valence-corrected chi connectivity index (χ0v) is 19.2. The fourth-order valence-corrected chi connectivity index (χ4v) is 3.96. The van der Waals surface area contributed by atoms with Crippen LogP contribution in [0.4, 0.5) is 0 Å². The third kappa shape index (κ3) is 8.90. The van der Waals surface area contributed by atoms with Crippen LogP contribution in [0.25, 0.3) is 0 Å². The summed E-state index contributed by atoms with van der Waals surface area (Å²) in [4.78, 5) is 24.4. The molecule has 0 bridgehead atoms. The van der Waals surface area contributed by atoms with E-state index in [2.05, 4.69) is 34.6 Å². The number of carbonyl (C=O) groups excluding carboxylic acids is 2.